The number of rotatable bonds is 10. The molecule has 0 saturated carbocycles. The molecule has 6 N–H and O–H groups in total. The Bertz CT molecular complexity index is 693. The standard InChI is InChI=1S/C20H32N4O4/c1-20(2,3)28-19(27)23-12-8-7-11-16(17(22)25)24-18(26)15(21)13-14-9-5-4-6-10-14/h4-6,9-10,15-16H,7-8,11-13,21H2,1-3H3,(H2,22,25)(H,23,27)(H,24,26)/t15-,16-/m0/s1/i16D. The summed E-state index contributed by atoms with van der Waals surface area (Å²) >= 11 is 0. The van der Waals surface area contributed by atoms with Gasteiger partial charge in [0.2, 0.25) is 11.8 Å². The number of nitrogens with two attached hydrogens (primary N) is 2. The van der Waals surface area contributed by atoms with E-state index in [4.69, 9.17) is 17.6 Å². The van der Waals surface area contributed by atoms with Crippen molar-refractivity contribution in [3.8, 4) is 0 Å². The van der Waals surface area contributed by atoms with Gasteiger partial charge in [-0.25, -0.2) is 4.79 Å². The Balaban J connectivity index is 2.47. The van der Waals surface area contributed by atoms with Crippen LogP contribution in [-0.4, -0.2) is 42.1 Å². The van der Waals surface area contributed by atoms with Crippen molar-refractivity contribution in [1.29, 1.82) is 0 Å². The van der Waals surface area contributed by atoms with E-state index in [0.717, 1.165) is 5.56 Å². The predicted octanol–water partition coefficient (Wildman–Crippen LogP) is 1.22. The molecule has 0 saturated heterocycles. The van der Waals surface area contributed by atoms with Crippen molar-refractivity contribution >= 4 is 17.9 Å². The Morgan fingerprint density at radius 2 is 1.82 bits per heavy atom. The van der Waals surface area contributed by atoms with Crippen molar-refractivity contribution in [1.82, 2.24) is 10.6 Å². The van der Waals surface area contributed by atoms with Crippen LogP contribution in [0, 0.1) is 0 Å². The second kappa shape index (κ2) is 11.3. The molecule has 0 spiro atoms. The summed E-state index contributed by atoms with van der Waals surface area (Å²) in [6.45, 7) is 5.60. The molecule has 156 valence electrons. The number of alkyl carbamates (subject to hydrolysis) is 1. The number of primary amides is 1. The summed E-state index contributed by atoms with van der Waals surface area (Å²) in [7, 11) is 0. The summed E-state index contributed by atoms with van der Waals surface area (Å²) in [5.41, 5.74) is 11.5. The Kier molecular flexibility index (Phi) is 8.74. The summed E-state index contributed by atoms with van der Waals surface area (Å²) in [4.78, 5) is 35.7. The van der Waals surface area contributed by atoms with Crippen LogP contribution in [0.15, 0.2) is 30.3 Å². The molecular weight excluding hydrogens is 360 g/mol. The fraction of sp³-hybridized carbons (Fsp3) is 0.550. The van der Waals surface area contributed by atoms with Gasteiger partial charge >= 0.3 is 6.09 Å². The van der Waals surface area contributed by atoms with Gasteiger partial charge in [-0.15, -0.1) is 0 Å². The third-order valence-corrected chi connectivity index (χ3v) is 3.73. The Morgan fingerprint density at radius 1 is 1.18 bits per heavy atom. The minimum atomic E-state index is -1.96. The minimum absolute atomic E-state index is 0.00211. The quantitative estimate of drug-likeness (QED) is 0.443. The summed E-state index contributed by atoms with van der Waals surface area (Å²) in [5, 5.41) is 4.95. The first-order chi connectivity index (χ1) is 13.4. The molecule has 1 aromatic carbocycles. The molecule has 1 aromatic rings. The number of unbranched alkanes of at least 4 members (excludes halogenated alkanes) is 1. The van der Waals surface area contributed by atoms with Gasteiger partial charge in [-0.2, -0.15) is 0 Å². The smallest absolute Gasteiger partial charge is 0.407 e. The molecule has 8 heteroatoms. The van der Waals surface area contributed by atoms with Crippen molar-refractivity contribution in [3.63, 3.8) is 0 Å². The van der Waals surface area contributed by atoms with Crippen LogP contribution in [0.1, 0.15) is 47.0 Å². The maximum Gasteiger partial charge on any atom is 0.407 e. The molecule has 28 heavy (non-hydrogen) atoms. The van der Waals surface area contributed by atoms with Gasteiger partial charge in [0, 0.05) is 6.54 Å². The zero-order chi connectivity index (χ0) is 22.1. The van der Waals surface area contributed by atoms with Gasteiger partial charge in [0.25, 0.3) is 0 Å². The second-order valence-corrected chi connectivity index (χ2v) is 7.51. The molecule has 0 fully saturated rings. The third-order valence-electron chi connectivity index (χ3n) is 3.73. The van der Waals surface area contributed by atoms with E-state index in [9.17, 15) is 14.4 Å². The summed E-state index contributed by atoms with van der Waals surface area (Å²) in [6, 6.07) is 6.34. The van der Waals surface area contributed by atoms with Crippen molar-refractivity contribution in [3.05, 3.63) is 35.9 Å². The Morgan fingerprint density at radius 3 is 2.39 bits per heavy atom. The molecule has 1 rings (SSSR count). The van der Waals surface area contributed by atoms with Gasteiger partial charge in [-0.3, -0.25) is 9.59 Å². The fourth-order valence-electron chi connectivity index (χ4n) is 2.38. The van der Waals surface area contributed by atoms with Gasteiger partial charge in [-0.05, 0) is 52.0 Å². The molecule has 0 radical (unpaired) electrons. The molecule has 0 aliphatic rings. The first-order valence-electron chi connectivity index (χ1n) is 9.81. The van der Waals surface area contributed by atoms with Gasteiger partial charge in [0.15, 0.2) is 0 Å². The third kappa shape index (κ3) is 9.91. The van der Waals surface area contributed by atoms with Crippen LogP contribution in [0.25, 0.3) is 0 Å². The lowest BCUT2D eigenvalue weighted by Crippen LogP contribution is -2.51. The maximum atomic E-state index is 12.3. The summed E-state index contributed by atoms with van der Waals surface area (Å²) in [6.07, 6.45) is 0.614. The monoisotopic (exact) mass is 393 g/mol. The molecule has 0 heterocycles. The average molecular weight is 394 g/mol. The number of hydrogen-bond acceptors (Lipinski definition) is 5. The first kappa shape index (κ1) is 21.7. The number of nitrogens with one attached hydrogen (secondary N) is 2. The molecule has 0 unspecified atom stereocenters. The summed E-state index contributed by atoms with van der Waals surface area (Å²) < 4.78 is 13.4. The topological polar surface area (TPSA) is 137 Å². The maximum absolute atomic E-state index is 12.3. The average Bonchev–Trinajstić information content (AvgIpc) is 2.60. The normalized spacial score (nSPS) is 14.9. The van der Waals surface area contributed by atoms with E-state index in [-0.39, 0.29) is 12.8 Å². The number of carbonyl (C=O) groups is 3. The van der Waals surface area contributed by atoms with E-state index in [1.54, 1.807) is 20.8 Å². The van der Waals surface area contributed by atoms with E-state index in [2.05, 4.69) is 10.6 Å². The van der Waals surface area contributed by atoms with Gasteiger partial charge in [0.1, 0.15) is 11.6 Å². The Labute approximate surface area is 167 Å². The highest BCUT2D eigenvalue weighted by Gasteiger charge is 2.22. The molecule has 2 atom stereocenters. The Hall–Kier alpha value is -2.61. The van der Waals surface area contributed by atoms with E-state index in [1.165, 1.54) is 0 Å². The van der Waals surface area contributed by atoms with E-state index in [0.29, 0.717) is 19.4 Å². The van der Waals surface area contributed by atoms with Crippen molar-refractivity contribution < 1.29 is 20.5 Å². The zero-order valence-electron chi connectivity index (χ0n) is 17.8. The molecule has 8 nitrogen and oxygen atoms in total. The molecule has 0 aliphatic carbocycles. The predicted molar refractivity (Wildman–Crippen MR) is 107 cm³/mol. The van der Waals surface area contributed by atoms with Gasteiger partial charge in [-0.1, -0.05) is 30.3 Å². The van der Waals surface area contributed by atoms with Crippen LogP contribution in [0.3, 0.4) is 0 Å². The number of benzene rings is 1. The minimum Gasteiger partial charge on any atom is -0.444 e. The lowest BCUT2D eigenvalue weighted by Gasteiger charge is -2.20. The van der Waals surface area contributed by atoms with Crippen LogP contribution in [0.5, 0.6) is 0 Å². The van der Waals surface area contributed by atoms with Crippen LogP contribution >= 0.6 is 0 Å². The SMILES string of the molecule is [2H][C@@](CCCCNC(=O)OC(C)(C)C)(NC(=O)[C@@H](N)Cc1ccccc1)C(N)=O. The highest BCUT2D eigenvalue weighted by Crippen LogP contribution is 2.07. The van der Waals surface area contributed by atoms with Crippen LogP contribution in [0.2, 0.25) is 0 Å². The highest BCUT2D eigenvalue weighted by molar-refractivity contribution is 5.89. The van der Waals surface area contributed by atoms with E-state index >= 15 is 0 Å². The number of amides is 3. The lowest BCUT2D eigenvalue weighted by molar-refractivity contribution is -0.128. The number of ether oxygens (including phenoxy) is 1. The lowest BCUT2D eigenvalue weighted by atomic mass is 10.0. The largest absolute Gasteiger partial charge is 0.444 e. The van der Waals surface area contributed by atoms with Crippen LogP contribution in [-0.2, 0) is 20.7 Å². The van der Waals surface area contributed by atoms with Crippen molar-refractivity contribution in [2.24, 2.45) is 11.5 Å². The molecule has 0 aliphatic heterocycles. The molecular formula is C20H32N4O4. The number of hydrogen-bond donors (Lipinski definition) is 4. The fourth-order valence-corrected chi connectivity index (χ4v) is 2.38. The van der Waals surface area contributed by atoms with E-state index in [1.807, 2.05) is 30.3 Å². The number of carbonyl (C=O) groups excluding carboxylic acids is 3. The van der Waals surface area contributed by atoms with Crippen molar-refractivity contribution in [2.45, 2.75) is 64.1 Å². The zero-order valence-corrected chi connectivity index (χ0v) is 16.8. The second-order valence-electron chi connectivity index (χ2n) is 7.51. The van der Waals surface area contributed by atoms with Crippen LogP contribution in [0.4, 0.5) is 4.79 Å². The first-order valence-corrected chi connectivity index (χ1v) is 9.31. The van der Waals surface area contributed by atoms with E-state index < -0.39 is 35.6 Å². The van der Waals surface area contributed by atoms with Gasteiger partial charge in [0.05, 0.1) is 7.41 Å². The highest BCUT2D eigenvalue weighted by atomic mass is 16.6. The van der Waals surface area contributed by atoms with Gasteiger partial charge < -0.3 is 26.8 Å². The van der Waals surface area contributed by atoms with Crippen LogP contribution < -0.4 is 22.1 Å². The molecule has 0 aromatic heterocycles. The van der Waals surface area contributed by atoms with Crippen molar-refractivity contribution in [2.75, 3.05) is 6.54 Å². The summed E-state index contributed by atoms with van der Waals surface area (Å²) in [5.74, 6) is -1.58. The molecule has 3 amide bonds. The molecule has 0 bridgehead atoms.